The second-order valence-electron chi connectivity index (χ2n) is 10.1. The third-order valence-electron chi connectivity index (χ3n) is 6.90. The summed E-state index contributed by atoms with van der Waals surface area (Å²) >= 11 is 0. The molecule has 0 amide bonds. The summed E-state index contributed by atoms with van der Waals surface area (Å²) in [6, 6.07) is 40.1. The van der Waals surface area contributed by atoms with Crippen molar-refractivity contribution in [2.75, 3.05) is 6.61 Å². The monoisotopic (exact) mass is 551 g/mol. The molecular weight excluding hydrogens is 510 g/mol. The molecule has 5 heteroatoms. The van der Waals surface area contributed by atoms with E-state index in [-0.39, 0.29) is 12.6 Å². The molecule has 4 rings (SSSR count). The zero-order chi connectivity index (χ0) is 28.5. The lowest BCUT2D eigenvalue weighted by Gasteiger charge is -2.36. The highest BCUT2D eigenvalue weighted by atomic mass is 16.6. The molecule has 4 aromatic rings. The van der Waals surface area contributed by atoms with E-state index in [1.807, 2.05) is 115 Å². The van der Waals surface area contributed by atoms with Crippen LogP contribution in [0.15, 0.2) is 134 Å². The van der Waals surface area contributed by atoms with E-state index in [0.29, 0.717) is 32.8 Å². The van der Waals surface area contributed by atoms with Gasteiger partial charge in [0.2, 0.25) is 0 Å². The van der Waals surface area contributed by atoms with Gasteiger partial charge < -0.3 is 24.6 Å². The average Bonchev–Trinajstić information content (AvgIpc) is 3.03. The van der Waals surface area contributed by atoms with E-state index in [1.54, 1.807) is 0 Å². The molecule has 4 atom stereocenters. The molecule has 4 aromatic carbocycles. The van der Waals surface area contributed by atoms with Crippen LogP contribution in [0.25, 0.3) is 0 Å². The van der Waals surface area contributed by atoms with E-state index >= 15 is 0 Å². The molecule has 0 saturated heterocycles. The van der Waals surface area contributed by atoms with Crippen LogP contribution in [0.5, 0.6) is 0 Å². The van der Waals surface area contributed by atoms with Crippen molar-refractivity contribution in [3.8, 4) is 0 Å². The normalized spacial score (nSPS) is 14.2. The van der Waals surface area contributed by atoms with Crippen LogP contribution in [0.3, 0.4) is 0 Å². The van der Waals surface area contributed by atoms with Gasteiger partial charge in [0.05, 0.1) is 26.4 Å². The van der Waals surface area contributed by atoms with Gasteiger partial charge in [-0.2, -0.15) is 0 Å². The Morgan fingerprint density at radius 2 is 1.05 bits per heavy atom. The van der Waals surface area contributed by atoms with Gasteiger partial charge in [-0.15, -0.1) is 6.58 Å². The van der Waals surface area contributed by atoms with Crippen LogP contribution < -0.4 is 5.32 Å². The van der Waals surface area contributed by atoms with Gasteiger partial charge in [0.1, 0.15) is 18.3 Å². The first-order valence-corrected chi connectivity index (χ1v) is 14.2. The smallest absolute Gasteiger partial charge is 0.114 e. The molecule has 0 unspecified atom stereocenters. The van der Waals surface area contributed by atoms with Crippen LogP contribution in [0.2, 0.25) is 0 Å². The Hall–Kier alpha value is -3.58. The molecule has 0 heterocycles. The third-order valence-corrected chi connectivity index (χ3v) is 6.90. The van der Waals surface area contributed by atoms with Gasteiger partial charge in [0.15, 0.2) is 0 Å². The lowest BCUT2D eigenvalue weighted by Crippen LogP contribution is -2.53. The van der Waals surface area contributed by atoms with Crippen LogP contribution in [0.1, 0.15) is 28.7 Å². The van der Waals surface area contributed by atoms with Crippen LogP contribution in [0.4, 0.5) is 0 Å². The Kier molecular flexibility index (Phi) is 12.8. The summed E-state index contributed by atoms with van der Waals surface area (Å²) in [7, 11) is 0. The number of aliphatic hydroxyl groups excluding tert-OH is 1. The quantitative estimate of drug-likeness (QED) is 0.139. The first kappa shape index (κ1) is 30.4. The molecule has 2 N–H and O–H groups in total. The highest BCUT2D eigenvalue weighted by Crippen LogP contribution is 2.21. The van der Waals surface area contributed by atoms with E-state index in [1.165, 1.54) is 0 Å². The van der Waals surface area contributed by atoms with Crippen molar-refractivity contribution < 1.29 is 19.3 Å². The van der Waals surface area contributed by atoms with Gasteiger partial charge in [0.25, 0.3) is 0 Å². The number of hydrogen-bond acceptors (Lipinski definition) is 5. The first-order chi connectivity index (χ1) is 20.2. The number of hydrogen-bond donors (Lipinski definition) is 2. The summed E-state index contributed by atoms with van der Waals surface area (Å²) in [5.41, 5.74) is 4.29. The van der Waals surface area contributed by atoms with Crippen molar-refractivity contribution in [2.24, 2.45) is 0 Å². The van der Waals surface area contributed by atoms with Gasteiger partial charge in [-0.1, -0.05) is 127 Å². The lowest BCUT2D eigenvalue weighted by molar-refractivity contribution is -0.156. The molecule has 0 aliphatic rings. The predicted octanol–water partition coefficient (Wildman–Crippen LogP) is 6.47. The number of benzene rings is 4. The number of rotatable bonds is 18. The highest BCUT2D eigenvalue weighted by Gasteiger charge is 2.36. The van der Waals surface area contributed by atoms with E-state index in [9.17, 15) is 5.11 Å². The number of aliphatic hydroxyl groups is 1. The Morgan fingerprint density at radius 3 is 1.54 bits per heavy atom. The molecule has 0 aliphatic carbocycles. The minimum atomic E-state index is -0.922. The first-order valence-electron chi connectivity index (χ1n) is 14.2. The summed E-state index contributed by atoms with van der Waals surface area (Å²) < 4.78 is 19.1. The molecule has 0 aromatic heterocycles. The Labute approximate surface area is 244 Å². The highest BCUT2D eigenvalue weighted by molar-refractivity contribution is 5.16. The van der Waals surface area contributed by atoms with E-state index in [0.717, 1.165) is 22.3 Å². The topological polar surface area (TPSA) is 60.0 Å². The Morgan fingerprint density at radius 1 is 0.610 bits per heavy atom. The summed E-state index contributed by atoms with van der Waals surface area (Å²) in [4.78, 5) is 0. The van der Waals surface area contributed by atoms with Crippen molar-refractivity contribution in [3.63, 3.8) is 0 Å². The second kappa shape index (κ2) is 17.3. The molecule has 5 nitrogen and oxygen atoms in total. The summed E-state index contributed by atoms with van der Waals surface area (Å²) in [5, 5.41) is 15.2. The van der Waals surface area contributed by atoms with Gasteiger partial charge >= 0.3 is 0 Å². The van der Waals surface area contributed by atoms with Gasteiger partial charge in [-0.3, -0.25) is 0 Å². The second-order valence-corrected chi connectivity index (χ2v) is 10.1. The molecule has 0 spiro atoms. The van der Waals surface area contributed by atoms with Gasteiger partial charge in [-0.25, -0.2) is 0 Å². The van der Waals surface area contributed by atoms with Crippen LogP contribution in [0, 0.1) is 0 Å². The molecule has 0 saturated carbocycles. The van der Waals surface area contributed by atoms with Crippen molar-refractivity contribution in [1.29, 1.82) is 0 Å². The zero-order valence-electron chi connectivity index (χ0n) is 23.6. The molecule has 0 bridgehead atoms. The molecule has 41 heavy (non-hydrogen) atoms. The Balaban J connectivity index is 1.56. The minimum absolute atomic E-state index is 0.110. The maximum absolute atomic E-state index is 11.6. The molecule has 0 radical (unpaired) electrons. The maximum atomic E-state index is 11.6. The lowest BCUT2D eigenvalue weighted by atomic mass is 9.97. The van der Waals surface area contributed by atoms with E-state index < -0.39 is 18.3 Å². The van der Waals surface area contributed by atoms with Crippen molar-refractivity contribution in [1.82, 2.24) is 5.32 Å². The van der Waals surface area contributed by atoms with Crippen molar-refractivity contribution >= 4 is 0 Å². The fraction of sp³-hybridized carbons (Fsp3) is 0.278. The summed E-state index contributed by atoms with van der Waals surface area (Å²) in [5.74, 6) is 0. The van der Waals surface area contributed by atoms with Crippen molar-refractivity contribution in [3.05, 3.63) is 156 Å². The van der Waals surface area contributed by atoms with Gasteiger partial charge in [-0.05, 0) is 28.7 Å². The zero-order valence-corrected chi connectivity index (χ0v) is 23.6. The molecular formula is C36H41NO4. The number of nitrogens with one attached hydrogen (secondary N) is 1. The minimum Gasteiger partial charge on any atom is -0.388 e. The molecule has 0 fully saturated rings. The maximum Gasteiger partial charge on any atom is 0.114 e. The predicted molar refractivity (Wildman–Crippen MR) is 164 cm³/mol. The van der Waals surface area contributed by atoms with Crippen LogP contribution >= 0.6 is 0 Å². The third kappa shape index (κ3) is 10.4. The molecule has 0 aliphatic heterocycles. The van der Waals surface area contributed by atoms with Gasteiger partial charge in [0, 0.05) is 12.6 Å². The fourth-order valence-corrected chi connectivity index (χ4v) is 4.72. The SMILES string of the molecule is C=CC[C@@H](NCc1ccccc1)[C@H](OCc1ccccc1)[C@H](OCc1ccccc1)[C@@H](O)COCc1ccccc1. The molecule has 214 valence electrons. The average molecular weight is 552 g/mol. The Bertz CT molecular complexity index is 1240. The van der Waals surface area contributed by atoms with Crippen LogP contribution in [-0.4, -0.2) is 36.1 Å². The van der Waals surface area contributed by atoms with E-state index in [4.69, 9.17) is 14.2 Å². The summed E-state index contributed by atoms with van der Waals surface area (Å²) in [6.07, 6.45) is 0.441. The standard InChI is InChI=1S/C36H41NO4/c1-2-15-33(37-24-29-16-7-3-8-17-29)35(40-26-31-20-11-5-12-21-31)36(41-27-32-22-13-6-14-23-32)34(38)28-39-25-30-18-9-4-10-19-30/h2-14,16-23,33-38H,1,15,24-28H2/t33-,34+,35+,36-/m1/s1. The summed E-state index contributed by atoms with van der Waals surface area (Å²) in [6.45, 7) is 5.90. The van der Waals surface area contributed by atoms with E-state index in [2.05, 4.69) is 24.0 Å². The van der Waals surface area contributed by atoms with Crippen molar-refractivity contribution in [2.45, 2.75) is 57.1 Å². The van der Waals surface area contributed by atoms with Crippen LogP contribution in [-0.2, 0) is 40.6 Å². The number of ether oxygens (including phenoxy) is 3. The largest absolute Gasteiger partial charge is 0.388 e. The fourth-order valence-electron chi connectivity index (χ4n) is 4.72.